The van der Waals surface area contributed by atoms with Crippen molar-refractivity contribution in [2.75, 3.05) is 7.05 Å². The summed E-state index contributed by atoms with van der Waals surface area (Å²) in [7, 11) is 2.06. The molecule has 1 aromatic carbocycles. The molecule has 1 N–H and O–H groups in total. The maximum Gasteiger partial charge on any atom is 0.0708 e. The van der Waals surface area contributed by atoms with Crippen molar-refractivity contribution >= 4 is 10.9 Å². The fraction of sp³-hybridized carbons (Fsp3) is 0.471. The second kappa shape index (κ2) is 6.16. The molecule has 0 saturated heterocycles. The number of pyridine rings is 1. The molecule has 0 radical (unpaired) electrons. The number of para-hydroxylation sites is 1. The van der Waals surface area contributed by atoms with Gasteiger partial charge < -0.3 is 5.32 Å². The van der Waals surface area contributed by atoms with Gasteiger partial charge in [0.05, 0.1) is 5.52 Å². The second-order valence-corrected chi connectivity index (χ2v) is 5.40. The molecule has 2 atom stereocenters. The van der Waals surface area contributed by atoms with Gasteiger partial charge in [0.2, 0.25) is 0 Å². The van der Waals surface area contributed by atoms with Crippen molar-refractivity contribution in [3.8, 4) is 0 Å². The molecule has 2 unspecified atom stereocenters. The van der Waals surface area contributed by atoms with Gasteiger partial charge in [0, 0.05) is 17.1 Å². The van der Waals surface area contributed by atoms with Crippen LogP contribution in [0.1, 0.15) is 44.0 Å². The number of fused-ring (bicyclic) bond motifs is 1. The maximum absolute atomic E-state index is 4.63. The molecule has 0 amide bonds. The van der Waals surface area contributed by atoms with E-state index in [1.165, 1.54) is 23.8 Å². The van der Waals surface area contributed by atoms with Crippen molar-refractivity contribution < 1.29 is 0 Å². The lowest BCUT2D eigenvalue weighted by atomic mass is 9.89. The molecule has 2 nitrogen and oxygen atoms in total. The molecule has 0 saturated carbocycles. The van der Waals surface area contributed by atoms with Gasteiger partial charge in [0.15, 0.2) is 0 Å². The summed E-state index contributed by atoms with van der Waals surface area (Å²) in [6.07, 6.45) is 2.46. The maximum atomic E-state index is 4.63. The SMILES string of the molecule is CCCC(C)C(NC)c1cc(C)nc2ccccc12. The van der Waals surface area contributed by atoms with E-state index in [2.05, 4.69) is 68.5 Å². The Morgan fingerprint density at radius 2 is 2.00 bits per heavy atom. The van der Waals surface area contributed by atoms with Crippen LogP contribution in [0.2, 0.25) is 0 Å². The Morgan fingerprint density at radius 1 is 1.26 bits per heavy atom. The fourth-order valence-electron chi connectivity index (χ4n) is 2.97. The van der Waals surface area contributed by atoms with Gasteiger partial charge in [-0.1, -0.05) is 38.5 Å². The normalized spacial score (nSPS) is 14.5. The first-order valence-electron chi connectivity index (χ1n) is 7.21. The number of hydrogen-bond donors (Lipinski definition) is 1. The molecule has 0 spiro atoms. The minimum absolute atomic E-state index is 0.395. The molecule has 2 heteroatoms. The van der Waals surface area contributed by atoms with E-state index >= 15 is 0 Å². The van der Waals surface area contributed by atoms with Gasteiger partial charge in [0.25, 0.3) is 0 Å². The number of nitrogens with one attached hydrogen (secondary N) is 1. The van der Waals surface area contributed by atoms with Crippen molar-refractivity contribution in [3.63, 3.8) is 0 Å². The number of aromatic nitrogens is 1. The number of hydrogen-bond acceptors (Lipinski definition) is 2. The van der Waals surface area contributed by atoms with Crippen LogP contribution in [0.3, 0.4) is 0 Å². The van der Waals surface area contributed by atoms with Gasteiger partial charge in [-0.05, 0) is 44.0 Å². The van der Waals surface area contributed by atoms with Gasteiger partial charge in [-0.25, -0.2) is 0 Å². The lowest BCUT2D eigenvalue weighted by Crippen LogP contribution is -2.24. The van der Waals surface area contributed by atoms with Crippen LogP contribution in [0.4, 0.5) is 0 Å². The summed E-state index contributed by atoms with van der Waals surface area (Å²) >= 11 is 0. The van der Waals surface area contributed by atoms with Crippen LogP contribution in [-0.2, 0) is 0 Å². The summed E-state index contributed by atoms with van der Waals surface area (Å²) in [5.41, 5.74) is 3.57. The topological polar surface area (TPSA) is 24.9 Å². The summed E-state index contributed by atoms with van der Waals surface area (Å²) in [6.45, 7) is 6.65. The minimum Gasteiger partial charge on any atom is -0.313 e. The molecule has 1 heterocycles. The molecule has 0 aliphatic heterocycles. The van der Waals surface area contributed by atoms with Crippen LogP contribution < -0.4 is 5.32 Å². The summed E-state index contributed by atoms with van der Waals surface area (Å²) in [4.78, 5) is 4.63. The molecule has 19 heavy (non-hydrogen) atoms. The van der Waals surface area contributed by atoms with Gasteiger partial charge in [-0.2, -0.15) is 0 Å². The summed E-state index contributed by atoms with van der Waals surface area (Å²) in [5.74, 6) is 0.625. The molecule has 2 aromatic rings. The zero-order chi connectivity index (χ0) is 13.8. The van der Waals surface area contributed by atoms with Crippen LogP contribution >= 0.6 is 0 Å². The van der Waals surface area contributed by atoms with Crippen LogP contribution in [0, 0.1) is 12.8 Å². The Kier molecular flexibility index (Phi) is 4.54. The Balaban J connectivity index is 2.52. The Bertz CT molecular complexity index is 548. The molecule has 102 valence electrons. The minimum atomic E-state index is 0.395. The van der Waals surface area contributed by atoms with Gasteiger partial charge >= 0.3 is 0 Å². The lowest BCUT2D eigenvalue weighted by molar-refractivity contribution is 0.385. The van der Waals surface area contributed by atoms with Crippen molar-refractivity contribution in [3.05, 3.63) is 41.6 Å². The van der Waals surface area contributed by atoms with E-state index in [1.54, 1.807) is 0 Å². The van der Waals surface area contributed by atoms with Crippen molar-refractivity contribution in [1.29, 1.82) is 0 Å². The van der Waals surface area contributed by atoms with E-state index < -0.39 is 0 Å². The van der Waals surface area contributed by atoms with E-state index in [9.17, 15) is 0 Å². The van der Waals surface area contributed by atoms with Crippen LogP contribution in [0.5, 0.6) is 0 Å². The van der Waals surface area contributed by atoms with Gasteiger partial charge in [-0.15, -0.1) is 0 Å². The molecule has 0 bridgehead atoms. The standard InChI is InChI=1S/C17H24N2/c1-5-8-12(2)17(18-4)15-11-13(3)19-16-10-7-6-9-14(15)16/h6-7,9-12,17-18H,5,8H2,1-4H3. The molecule has 0 fully saturated rings. The zero-order valence-corrected chi connectivity index (χ0v) is 12.4. The molecular formula is C17H24N2. The van der Waals surface area contributed by atoms with Crippen molar-refractivity contribution in [1.82, 2.24) is 10.3 Å². The smallest absolute Gasteiger partial charge is 0.0708 e. The fourth-order valence-corrected chi connectivity index (χ4v) is 2.97. The van der Waals surface area contributed by atoms with E-state index in [-0.39, 0.29) is 0 Å². The van der Waals surface area contributed by atoms with Crippen molar-refractivity contribution in [2.24, 2.45) is 5.92 Å². The van der Waals surface area contributed by atoms with E-state index in [1.807, 2.05) is 0 Å². The summed E-state index contributed by atoms with van der Waals surface area (Å²) in [6, 6.07) is 11.1. The number of nitrogens with zero attached hydrogens (tertiary/aromatic N) is 1. The van der Waals surface area contributed by atoms with Gasteiger partial charge in [-0.3, -0.25) is 4.98 Å². The quantitative estimate of drug-likeness (QED) is 0.865. The first kappa shape index (κ1) is 14.0. The predicted molar refractivity (Wildman–Crippen MR) is 82.4 cm³/mol. The molecule has 0 aliphatic carbocycles. The molecule has 1 aromatic heterocycles. The average Bonchev–Trinajstić information content (AvgIpc) is 2.39. The third-order valence-electron chi connectivity index (χ3n) is 3.84. The number of aryl methyl sites for hydroxylation is 1. The van der Waals surface area contributed by atoms with Crippen LogP contribution in [-0.4, -0.2) is 12.0 Å². The molecular weight excluding hydrogens is 232 g/mol. The summed E-state index contributed by atoms with van der Waals surface area (Å²) in [5, 5.41) is 4.77. The highest BCUT2D eigenvalue weighted by molar-refractivity contribution is 5.82. The highest BCUT2D eigenvalue weighted by Crippen LogP contribution is 2.30. The highest BCUT2D eigenvalue weighted by Gasteiger charge is 2.19. The van der Waals surface area contributed by atoms with Crippen LogP contribution in [0.15, 0.2) is 30.3 Å². The molecule has 0 aliphatic rings. The third kappa shape index (κ3) is 2.95. The first-order chi connectivity index (χ1) is 9.17. The third-order valence-corrected chi connectivity index (χ3v) is 3.84. The summed E-state index contributed by atoms with van der Waals surface area (Å²) < 4.78 is 0. The van der Waals surface area contributed by atoms with Crippen LogP contribution in [0.25, 0.3) is 10.9 Å². The lowest BCUT2D eigenvalue weighted by Gasteiger charge is -2.25. The van der Waals surface area contributed by atoms with E-state index in [0.29, 0.717) is 12.0 Å². The Labute approximate surface area is 116 Å². The van der Waals surface area contributed by atoms with Gasteiger partial charge in [0.1, 0.15) is 0 Å². The Hall–Kier alpha value is -1.41. The number of benzene rings is 1. The predicted octanol–water partition coefficient (Wildman–Crippen LogP) is 4.24. The second-order valence-electron chi connectivity index (χ2n) is 5.40. The number of rotatable bonds is 5. The zero-order valence-electron chi connectivity index (χ0n) is 12.4. The van der Waals surface area contributed by atoms with E-state index in [4.69, 9.17) is 0 Å². The average molecular weight is 256 g/mol. The first-order valence-corrected chi connectivity index (χ1v) is 7.21. The Morgan fingerprint density at radius 3 is 2.68 bits per heavy atom. The van der Waals surface area contributed by atoms with E-state index in [0.717, 1.165) is 11.2 Å². The largest absolute Gasteiger partial charge is 0.313 e. The monoisotopic (exact) mass is 256 g/mol. The highest BCUT2D eigenvalue weighted by atomic mass is 14.9. The molecule has 2 rings (SSSR count). The van der Waals surface area contributed by atoms with Crippen molar-refractivity contribution in [2.45, 2.75) is 39.7 Å².